The highest BCUT2D eigenvalue weighted by Gasteiger charge is 2.27. The van der Waals surface area contributed by atoms with Crippen molar-refractivity contribution >= 4 is 23.4 Å². The standard InChI is InChI=1S/C22H27ClN2O4/c1-15(2)24-22(27)16(3)25(13-17-8-7-9-18(23)12-17)21(26)14-29-20-11-6-5-10-19(20)28-4/h5-12,15-16H,13-14H2,1-4H3,(H,24,27)/t16-/m1/s1. The van der Waals surface area contributed by atoms with E-state index in [-0.39, 0.29) is 31.0 Å². The Morgan fingerprint density at radius 1 is 1.07 bits per heavy atom. The number of carbonyl (C=O) groups is 2. The molecule has 0 radical (unpaired) electrons. The van der Waals surface area contributed by atoms with E-state index in [1.165, 1.54) is 12.0 Å². The predicted molar refractivity (Wildman–Crippen MR) is 113 cm³/mol. The summed E-state index contributed by atoms with van der Waals surface area (Å²) < 4.78 is 10.9. The fourth-order valence-electron chi connectivity index (χ4n) is 2.78. The quantitative estimate of drug-likeness (QED) is 0.674. The lowest BCUT2D eigenvalue weighted by molar-refractivity contribution is -0.142. The lowest BCUT2D eigenvalue weighted by Crippen LogP contribution is -2.50. The number of hydrogen-bond acceptors (Lipinski definition) is 4. The molecule has 0 unspecified atom stereocenters. The number of rotatable bonds is 9. The van der Waals surface area contributed by atoms with Crippen molar-refractivity contribution in [2.24, 2.45) is 0 Å². The molecule has 2 rings (SSSR count). The summed E-state index contributed by atoms with van der Waals surface area (Å²) in [5, 5.41) is 3.42. The van der Waals surface area contributed by atoms with Crippen molar-refractivity contribution in [1.29, 1.82) is 0 Å². The van der Waals surface area contributed by atoms with E-state index in [9.17, 15) is 9.59 Å². The van der Waals surface area contributed by atoms with Crippen LogP contribution in [0.2, 0.25) is 5.02 Å². The molecular formula is C22H27ClN2O4. The zero-order chi connectivity index (χ0) is 21.4. The second kappa shape index (κ2) is 10.7. The minimum absolute atomic E-state index is 0.0297. The van der Waals surface area contributed by atoms with Gasteiger partial charge in [-0.15, -0.1) is 0 Å². The highest BCUT2D eigenvalue weighted by atomic mass is 35.5. The third kappa shape index (κ3) is 6.68. The van der Waals surface area contributed by atoms with E-state index in [0.29, 0.717) is 16.5 Å². The van der Waals surface area contributed by atoms with Gasteiger partial charge in [-0.3, -0.25) is 9.59 Å². The zero-order valence-corrected chi connectivity index (χ0v) is 17.9. The maximum absolute atomic E-state index is 13.0. The van der Waals surface area contributed by atoms with E-state index in [0.717, 1.165) is 5.56 Å². The van der Waals surface area contributed by atoms with Gasteiger partial charge in [-0.1, -0.05) is 35.9 Å². The lowest BCUT2D eigenvalue weighted by Gasteiger charge is -2.29. The molecule has 29 heavy (non-hydrogen) atoms. The van der Waals surface area contributed by atoms with Gasteiger partial charge >= 0.3 is 0 Å². The summed E-state index contributed by atoms with van der Waals surface area (Å²) in [5.41, 5.74) is 0.826. The van der Waals surface area contributed by atoms with Gasteiger partial charge in [0.1, 0.15) is 6.04 Å². The van der Waals surface area contributed by atoms with Gasteiger partial charge in [-0.05, 0) is 50.6 Å². The molecule has 6 nitrogen and oxygen atoms in total. The van der Waals surface area contributed by atoms with Crippen molar-refractivity contribution < 1.29 is 19.1 Å². The highest BCUT2D eigenvalue weighted by molar-refractivity contribution is 6.30. The Balaban J connectivity index is 2.18. The van der Waals surface area contributed by atoms with Crippen LogP contribution in [0.3, 0.4) is 0 Å². The number of amides is 2. The number of halogens is 1. The van der Waals surface area contributed by atoms with E-state index in [4.69, 9.17) is 21.1 Å². The molecule has 0 fully saturated rings. The van der Waals surface area contributed by atoms with Crippen LogP contribution in [0.25, 0.3) is 0 Å². The number of ether oxygens (including phenoxy) is 2. The van der Waals surface area contributed by atoms with Gasteiger partial charge in [-0.25, -0.2) is 0 Å². The second-order valence-electron chi connectivity index (χ2n) is 6.93. The number of benzene rings is 2. The van der Waals surface area contributed by atoms with E-state index in [1.807, 2.05) is 32.0 Å². The molecule has 1 atom stereocenters. The molecule has 2 amide bonds. The highest BCUT2D eigenvalue weighted by Crippen LogP contribution is 2.26. The average molecular weight is 419 g/mol. The molecule has 0 aliphatic carbocycles. The summed E-state index contributed by atoms with van der Waals surface area (Å²) in [7, 11) is 1.54. The average Bonchev–Trinajstić information content (AvgIpc) is 2.69. The second-order valence-corrected chi connectivity index (χ2v) is 7.37. The normalized spacial score (nSPS) is 11.7. The van der Waals surface area contributed by atoms with Gasteiger partial charge in [0.2, 0.25) is 5.91 Å². The van der Waals surface area contributed by atoms with Crippen LogP contribution in [0.15, 0.2) is 48.5 Å². The molecule has 156 valence electrons. The van der Waals surface area contributed by atoms with Crippen LogP contribution < -0.4 is 14.8 Å². The molecule has 0 spiro atoms. The van der Waals surface area contributed by atoms with E-state index < -0.39 is 6.04 Å². The molecule has 0 saturated heterocycles. The lowest BCUT2D eigenvalue weighted by atomic mass is 10.1. The third-order valence-corrected chi connectivity index (χ3v) is 4.50. The Morgan fingerprint density at radius 2 is 1.76 bits per heavy atom. The van der Waals surface area contributed by atoms with Crippen molar-refractivity contribution in [1.82, 2.24) is 10.2 Å². The van der Waals surface area contributed by atoms with Crippen molar-refractivity contribution in [3.63, 3.8) is 0 Å². The van der Waals surface area contributed by atoms with Crippen LogP contribution in [-0.2, 0) is 16.1 Å². The summed E-state index contributed by atoms with van der Waals surface area (Å²) in [6, 6.07) is 13.6. The van der Waals surface area contributed by atoms with Gasteiger partial charge in [-0.2, -0.15) is 0 Å². The van der Waals surface area contributed by atoms with Crippen LogP contribution in [0.5, 0.6) is 11.5 Å². The summed E-state index contributed by atoms with van der Waals surface area (Å²) in [6.07, 6.45) is 0. The monoisotopic (exact) mass is 418 g/mol. The molecule has 0 aliphatic rings. The Hall–Kier alpha value is -2.73. The number of para-hydroxylation sites is 2. The summed E-state index contributed by atoms with van der Waals surface area (Å²) >= 11 is 6.07. The molecule has 2 aromatic carbocycles. The summed E-state index contributed by atoms with van der Waals surface area (Å²) in [4.78, 5) is 27.0. The van der Waals surface area contributed by atoms with Gasteiger partial charge in [0.25, 0.3) is 5.91 Å². The molecular weight excluding hydrogens is 392 g/mol. The molecule has 1 N–H and O–H groups in total. The van der Waals surface area contributed by atoms with E-state index >= 15 is 0 Å². The first-order chi connectivity index (χ1) is 13.8. The van der Waals surface area contributed by atoms with Crippen molar-refractivity contribution in [2.45, 2.75) is 39.4 Å². The van der Waals surface area contributed by atoms with Crippen molar-refractivity contribution in [2.75, 3.05) is 13.7 Å². The molecule has 2 aromatic rings. The first kappa shape index (κ1) is 22.6. The number of carbonyl (C=O) groups excluding carboxylic acids is 2. The number of methoxy groups -OCH3 is 1. The maximum atomic E-state index is 13.0. The van der Waals surface area contributed by atoms with Crippen molar-refractivity contribution in [3.05, 3.63) is 59.1 Å². The van der Waals surface area contributed by atoms with Crippen molar-refractivity contribution in [3.8, 4) is 11.5 Å². The summed E-state index contributed by atoms with van der Waals surface area (Å²) in [5.74, 6) is 0.451. The largest absolute Gasteiger partial charge is 0.493 e. The summed E-state index contributed by atoms with van der Waals surface area (Å²) in [6.45, 7) is 5.46. The smallest absolute Gasteiger partial charge is 0.261 e. The van der Waals surface area contributed by atoms with Gasteiger partial charge in [0, 0.05) is 17.6 Å². The molecule has 0 aromatic heterocycles. The fraction of sp³-hybridized carbons (Fsp3) is 0.364. The van der Waals surface area contributed by atoms with Gasteiger partial charge in [0.05, 0.1) is 7.11 Å². The first-order valence-electron chi connectivity index (χ1n) is 9.42. The SMILES string of the molecule is COc1ccccc1OCC(=O)N(Cc1cccc(Cl)c1)[C@H](C)C(=O)NC(C)C. The van der Waals surface area contributed by atoms with E-state index in [2.05, 4.69) is 5.32 Å². The van der Waals surface area contributed by atoms with E-state index in [1.54, 1.807) is 37.3 Å². The van der Waals surface area contributed by atoms with Crippen LogP contribution in [0.1, 0.15) is 26.3 Å². The number of nitrogens with zero attached hydrogens (tertiary/aromatic N) is 1. The van der Waals surface area contributed by atoms with Gasteiger partial charge < -0.3 is 19.7 Å². The number of nitrogens with one attached hydrogen (secondary N) is 1. The Labute approximate surface area is 176 Å². The van der Waals surface area contributed by atoms with Crippen LogP contribution >= 0.6 is 11.6 Å². The molecule has 0 aliphatic heterocycles. The molecule has 7 heteroatoms. The first-order valence-corrected chi connectivity index (χ1v) is 9.79. The topological polar surface area (TPSA) is 67.9 Å². The Bertz CT molecular complexity index is 841. The fourth-order valence-corrected chi connectivity index (χ4v) is 2.99. The Morgan fingerprint density at radius 3 is 2.38 bits per heavy atom. The minimum atomic E-state index is -0.676. The van der Waals surface area contributed by atoms with Crippen LogP contribution in [-0.4, -0.2) is 42.5 Å². The zero-order valence-electron chi connectivity index (χ0n) is 17.1. The Kier molecular flexibility index (Phi) is 8.34. The predicted octanol–water partition coefficient (Wildman–Crippen LogP) is 3.67. The van der Waals surface area contributed by atoms with Crippen LogP contribution in [0, 0.1) is 0 Å². The molecule has 0 bridgehead atoms. The van der Waals surface area contributed by atoms with Crippen LogP contribution in [0.4, 0.5) is 0 Å². The maximum Gasteiger partial charge on any atom is 0.261 e. The minimum Gasteiger partial charge on any atom is -0.493 e. The third-order valence-electron chi connectivity index (χ3n) is 4.26. The molecule has 0 heterocycles. The molecule has 0 saturated carbocycles. The van der Waals surface area contributed by atoms with Gasteiger partial charge in [0.15, 0.2) is 18.1 Å². The number of hydrogen-bond donors (Lipinski definition) is 1.